The Labute approximate surface area is 164 Å². The Hall–Kier alpha value is -2.59. The summed E-state index contributed by atoms with van der Waals surface area (Å²) in [7, 11) is 0. The van der Waals surface area contributed by atoms with Crippen molar-refractivity contribution < 1.29 is 4.79 Å². The molecule has 0 bridgehead atoms. The van der Waals surface area contributed by atoms with Crippen LogP contribution in [-0.4, -0.2) is 37.0 Å². The molecule has 1 saturated heterocycles. The first-order valence-corrected chi connectivity index (χ1v) is 10.3. The van der Waals surface area contributed by atoms with E-state index in [4.69, 9.17) is 0 Å². The fourth-order valence-corrected chi connectivity index (χ4v) is 4.58. The molecule has 1 aliphatic rings. The molecule has 0 atom stereocenters. The van der Waals surface area contributed by atoms with Crippen molar-refractivity contribution >= 4 is 22.9 Å². The number of thiophene rings is 1. The van der Waals surface area contributed by atoms with Gasteiger partial charge in [-0.05, 0) is 48.1 Å². The standard InChI is InChI=1S/C23H24N2OS/c1-17-7-6-10-21(18(17)2)24-12-14-25(15-13-24)23(26)22-20(11-16-27-22)19-8-4-3-5-9-19/h3-11,16H,12-15H2,1-2H3. The van der Waals surface area contributed by atoms with Crippen molar-refractivity contribution in [3.05, 3.63) is 76.0 Å². The second-order valence-electron chi connectivity index (χ2n) is 7.03. The van der Waals surface area contributed by atoms with Crippen molar-refractivity contribution in [2.24, 2.45) is 0 Å². The largest absolute Gasteiger partial charge is 0.368 e. The molecule has 0 saturated carbocycles. The quantitative estimate of drug-likeness (QED) is 0.643. The number of carbonyl (C=O) groups is 1. The Kier molecular flexibility index (Phi) is 4.99. The highest BCUT2D eigenvalue weighted by Crippen LogP contribution is 2.30. The zero-order valence-electron chi connectivity index (χ0n) is 15.8. The van der Waals surface area contributed by atoms with E-state index in [2.05, 4.69) is 55.1 Å². The Morgan fingerprint density at radius 2 is 1.63 bits per heavy atom. The molecule has 2 heterocycles. The fraction of sp³-hybridized carbons (Fsp3) is 0.261. The van der Waals surface area contributed by atoms with E-state index in [0.29, 0.717) is 0 Å². The van der Waals surface area contributed by atoms with Crippen LogP contribution < -0.4 is 4.90 Å². The SMILES string of the molecule is Cc1cccc(N2CCN(C(=O)c3sccc3-c3ccccc3)CC2)c1C. The lowest BCUT2D eigenvalue weighted by atomic mass is 10.1. The topological polar surface area (TPSA) is 23.6 Å². The average Bonchev–Trinajstić information content (AvgIpc) is 3.20. The predicted octanol–water partition coefficient (Wildman–Crippen LogP) is 4.99. The van der Waals surface area contributed by atoms with E-state index < -0.39 is 0 Å². The van der Waals surface area contributed by atoms with Gasteiger partial charge in [-0.15, -0.1) is 11.3 Å². The van der Waals surface area contributed by atoms with Crippen molar-refractivity contribution in [2.75, 3.05) is 31.1 Å². The van der Waals surface area contributed by atoms with Gasteiger partial charge >= 0.3 is 0 Å². The molecule has 1 aliphatic heterocycles. The summed E-state index contributed by atoms with van der Waals surface area (Å²) in [6.07, 6.45) is 0. The van der Waals surface area contributed by atoms with Gasteiger partial charge in [0.15, 0.2) is 0 Å². The lowest BCUT2D eigenvalue weighted by Gasteiger charge is -2.37. The zero-order chi connectivity index (χ0) is 18.8. The van der Waals surface area contributed by atoms with Crippen molar-refractivity contribution in [1.82, 2.24) is 4.90 Å². The minimum absolute atomic E-state index is 0.157. The summed E-state index contributed by atoms with van der Waals surface area (Å²) in [5, 5.41) is 2.02. The third kappa shape index (κ3) is 3.50. The minimum Gasteiger partial charge on any atom is -0.368 e. The van der Waals surface area contributed by atoms with Gasteiger partial charge in [-0.25, -0.2) is 0 Å². The van der Waals surface area contributed by atoms with Gasteiger partial charge in [-0.3, -0.25) is 4.79 Å². The maximum atomic E-state index is 13.1. The van der Waals surface area contributed by atoms with Crippen LogP contribution in [0.5, 0.6) is 0 Å². The molecule has 27 heavy (non-hydrogen) atoms. The summed E-state index contributed by atoms with van der Waals surface area (Å²) in [4.78, 5) is 18.4. The third-order valence-electron chi connectivity index (χ3n) is 5.43. The lowest BCUT2D eigenvalue weighted by molar-refractivity contribution is 0.0752. The van der Waals surface area contributed by atoms with Gasteiger partial charge in [0.1, 0.15) is 0 Å². The number of rotatable bonds is 3. The van der Waals surface area contributed by atoms with E-state index in [1.807, 2.05) is 28.5 Å². The molecule has 3 nitrogen and oxygen atoms in total. The number of benzene rings is 2. The van der Waals surface area contributed by atoms with Gasteiger partial charge in [-0.1, -0.05) is 42.5 Å². The Balaban J connectivity index is 1.49. The molecular formula is C23H24N2OS. The summed E-state index contributed by atoms with van der Waals surface area (Å²) in [6, 6.07) is 18.7. The van der Waals surface area contributed by atoms with Crippen molar-refractivity contribution in [2.45, 2.75) is 13.8 Å². The molecule has 138 valence electrons. The van der Waals surface area contributed by atoms with E-state index in [1.54, 1.807) is 11.3 Å². The van der Waals surface area contributed by atoms with E-state index in [0.717, 1.165) is 42.2 Å². The Bertz CT molecular complexity index is 940. The molecule has 4 heteroatoms. The van der Waals surface area contributed by atoms with Crippen LogP contribution in [0.2, 0.25) is 0 Å². The number of amides is 1. The fourth-order valence-electron chi connectivity index (χ4n) is 3.69. The van der Waals surface area contributed by atoms with E-state index >= 15 is 0 Å². The van der Waals surface area contributed by atoms with E-state index in [-0.39, 0.29) is 5.91 Å². The van der Waals surface area contributed by atoms with Gasteiger partial charge in [0.25, 0.3) is 5.91 Å². The van der Waals surface area contributed by atoms with Crippen molar-refractivity contribution in [1.29, 1.82) is 0 Å². The molecule has 0 aliphatic carbocycles. The summed E-state index contributed by atoms with van der Waals surface area (Å²) in [6.45, 7) is 7.61. The predicted molar refractivity (Wildman–Crippen MR) is 114 cm³/mol. The smallest absolute Gasteiger partial charge is 0.264 e. The molecule has 1 amide bonds. The first-order valence-electron chi connectivity index (χ1n) is 9.38. The van der Waals surface area contributed by atoms with E-state index in [1.165, 1.54) is 16.8 Å². The van der Waals surface area contributed by atoms with Crippen LogP contribution in [-0.2, 0) is 0 Å². The first kappa shape index (κ1) is 17.8. The molecule has 0 unspecified atom stereocenters. The molecule has 4 rings (SSSR count). The molecule has 0 radical (unpaired) electrons. The summed E-state index contributed by atoms with van der Waals surface area (Å²) < 4.78 is 0. The molecular weight excluding hydrogens is 352 g/mol. The van der Waals surface area contributed by atoms with Crippen LogP contribution >= 0.6 is 11.3 Å². The summed E-state index contributed by atoms with van der Waals surface area (Å²) in [5.41, 5.74) is 6.10. The number of piperazine rings is 1. The van der Waals surface area contributed by atoms with Crippen LogP contribution in [0.4, 0.5) is 5.69 Å². The number of nitrogens with zero attached hydrogens (tertiary/aromatic N) is 2. The molecule has 2 aromatic carbocycles. The van der Waals surface area contributed by atoms with E-state index in [9.17, 15) is 4.79 Å². The Morgan fingerprint density at radius 1 is 0.889 bits per heavy atom. The maximum Gasteiger partial charge on any atom is 0.264 e. The van der Waals surface area contributed by atoms with Gasteiger partial charge in [0.05, 0.1) is 4.88 Å². The number of aryl methyl sites for hydroxylation is 1. The van der Waals surface area contributed by atoms with Gasteiger partial charge in [-0.2, -0.15) is 0 Å². The third-order valence-corrected chi connectivity index (χ3v) is 6.33. The monoisotopic (exact) mass is 376 g/mol. The number of anilines is 1. The summed E-state index contributed by atoms with van der Waals surface area (Å²) >= 11 is 1.54. The second-order valence-corrected chi connectivity index (χ2v) is 7.94. The lowest BCUT2D eigenvalue weighted by Crippen LogP contribution is -2.49. The zero-order valence-corrected chi connectivity index (χ0v) is 16.6. The van der Waals surface area contributed by atoms with Gasteiger partial charge in [0, 0.05) is 37.4 Å². The van der Waals surface area contributed by atoms with Gasteiger partial charge in [0.2, 0.25) is 0 Å². The second kappa shape index (κ2) is 7.57. The van der Waals surface area contributed by atoms with Crippen molar-refractivity contribution in [3.63, 3.8) is 0 Å². The highest BCUT2D eigenvalue weighted by Gasteiger charge is 2.25. The van der Waals surface area contributed by atoms with Crippen LogP contribution in [0.25, 0.3) is 11.1 Å². The van der Waals surface area contributed by atoms with Crippen LogP contribution in [0.3, 0.4) is 0 Å². The summed E-state index contributed by atoms with van der Waals surface area (Å²) in [5.74, 6) is 0.157. The Morgan fingerprint density at radius 3 is 2.37 bits per heavy atom. The number of hydrogen-bond donors (Lipinski definition) is 0. The molecule has 1 fully saturated rings. The molecule has 1 aromatic heterocycles. The minimum atomic E-state index is 0.157. The number of carbonyl (C=O) groups excluding carboxylic acids is 1. The number of hydrogen-bond acceptors (Lipinski definition) is 3. The highest BCUT2D eigenvalue weighted by molar-refractivity contribution is 7.12. The molecule has 0 N–H and O–H groups in total. The molecule has 3 aromatic rings. The van der Waals surface area contributed by atoms with Crippen molar-refractivity contribution in [3.8, 4) is 11.1 Å². The average molecular weight is 377 g/mol. The van der Waals surface area contributed by atoms with Crippen LogP contribution in [0, 0.1) is 13.8 Å². The van der Waals surface area contributed by atoms with Gasteiger partial charge < -0.3 is 9.80 Å². The van der Waals surface area contributed by atoms with Crippen LogP contribution in [0.1, 0.15) is 20.8 Å². The highest BCUT2D eigenvalue weighted by atomic mass is 32.1. The normalized spacial score (nSPS) is 14.4. The first-order chi connectivity index (χ1) is 13.1. The molecule has 0 spiro atoms. The van der Waals surface area contributed by atoms with Crippen LogP contribution in [0.15, 0.2) is 60.0 Å². The maximum absolute atomic E-state index is 13.1.